The van der Waals surface area contributed by atoms with E-state index in [0.717, 1.165) is 4.57 Å². The van der Waals surface area contributed by atoms with Crippen molar-refractivity contribution < 1.29 is 4.79 Å². The largest absolute Gasteiger partial charge is 0.332 e. The third kappa shape index (κ3) is 2.78. The molecule has 122 valence electrons. The molecule has 0 N–H and O–H groups in total. The Morgan fingerprint density at radius 3 is 2.50 bits per heavy atom. The summed E-state index contributed by atoms with van der Waals surface area (Å²) in [5, 5.41) is 0.355. The number of fused-ring (bicyclic) bond motifs is 1. The second-order valence-electron chi connectivity index (χ2n) is 5.29. The maximum absolute atomic E-state index is 12.4. The average Bonchev–Trinajstić information content (AvgIpc) is 2.63. The fraction of sp³-hybridized carbons (Fsp3) is 0.176. The van der Waals surface area contributed by atoms with Gasteiger partial charge in [0.05, 0.1) is 11.1 Å². The normalized spacial score (nSPS) is 10.9. The second kappa shape index (κ2) is 6.45. The Bertz CT molecular complexity index is 1040. The fourth-order valence-corrected chi connectivity index (χ4v) is 3.36. The van der Waals surface area contributed by atoms with Gasteiger partial charge in [-0.3, -0.25) is 18.7 Å². The minimum absolute atomic E-state index is 0.0211. The molecule has 0 bridgehead atoms. The highest BCUT2D eigenvalue weighted by atomic mass is 32.2. The Morgan fingerprint density at radius 2 is 1.79 bits per heavy atom. The van der Waals surface area contributed by atoms with Crippen LogP contribution in [0.3, 0.4) is 0 Å². The Morgan fingerprint density at radius 1 is 1.08 bits per heavy atom. The molecule has 0 saturated heterocycles. The topological polar surface area (TPSA) is 74.0 Å². The Kier molecular flexibility index (Phi) is 4.35. The molecule has 2 aromatic heterocycles. The first-order chi connectivity index (χ1) is 11.5. The Balaban J connectivity index is 2.01. The van der Waals surface area contributed by atoms with E-state index in [2.05, 4.69) is 4.98 Å². The Hall–Kier alpha value is -2.67. The maximum Gasteiger partial charge on any atom is 0.332 e. The second-order valence-corrected chi connectivity index (χ2v) is 6.31. The minimum atomic E-state index is -0.428. The van der Waals surface area contributed by atoms with Crippen molar-refractivity contribution in [2.45, 2.75) is 4.90 Å². The van der Waals surface area contributed by atoms with Crippen LogP contribution in [0.25, 0.3) is 11.0 Å². The van der Waals surface area contributed by atoms with E-state index in [1.54, 1.807) is 25.2 Å². The predicted octanol–water partition coefficient (Wildman–Crippen LogP) is 1.61. The average molecular weight is 341 g/mol. The van der Waals surface area contributed by atoms with Gasteiger partial charge in [-0.1, -0.05) is 30.3 Å². The quantitative estimate of drug-likeness (QED) is 0.532. The van der Waals surface area contributed by atoms with Gasteiger partial charge in [0.2, 0.25) is 0 Å². The van der Waals surface area contributed by atoms with Gasteiger partial charge in [-0.25, -0.2) is 9.78 Å². The van der Waals surface area contributed by atoms with Gasteiger partial charge in [0.1, 0.15) is 5.65 Å². The fourth-order valence-electron chi connectivity index (χ4n) is 2.43. The van der Waals surface area contributed by atoms with E-state index >= 15 is 0 Å². The lowest BCUT2D eigenvalue weighted by atomic mass is 10.2. The molecule has 0 aliphatic carbocycles. The number of hydrogen-bond donors (Lipinski definition) is 0. The molecule has 24 heavy (non-hydrogen) atoms. The van der Waals surface area contributed by atoms with Gasteiger partial charge in [0, 0.05) is 30.8 Å². The zero-order chi connectivity index (χ0) is 17.3. The summed E-state index contributed by atoms with van der Waals surface area (Å²) < 4.78 is 2.38. The highest BCUT2D eigenvalue weighted by Crippen LogP contribution is 2.24. The lowest BCUT2D eigenvalue weighted by molar-refractivity contribution is 0.102. The molecular weight excluding hydrogens is 326 g/mol. The molecule has 0 aliphatic rings. The highest BCUT2D eigenvalue weighted by Gasteiger charge is 2.15. The summed E-state index contributed by atoms with van der Waals surface area (Å²) in [6.07, 6.45) is 1.54. The van der Waals surface area contributed by atoms with Crippen LogP contribution in [0.5, 0.6) is 0 Å². The molecule has 0 unspecified atom stereocenters. The first-order valence-corrected chi connectivity index (χ1v) is 8.25. The van der Waals surface area contributed by atoms with Crippen molar-refractivity contribution >= 4 is 28.6 Å². The first-order valence-electron chi connectivity index (χ1n) is 7.26. The van der Waals surface area contributed by atoms with Crippen LogP contribution in [0.2, 0.25) is 0 Å². The molecule has 0 spiro atoms. The summed E-state index contributed by atoms with van der Waals surface area (Å²) in [6.45, 7) is 0. The van der Waals surface area contributed by atoms with E-state index in [9.17, 15) is 14.4 Å². The number of rotatable bonds is 4. The molecule has 0 radical (unpaired) electrons. The first kappa shape index (κ1) is 16.2. The summed E-state index contributed by atoms with van der Waals surface area (Å²) in [5.74, 6) is 0.182. The summed E-state index contributed by atoms with van der Waals surface area (Å²) in [6, 6.07) is 10.7. The summed E-state index contributed by atoms with van der Waals surface area (Å²) in [7, 11) is 3.00. The third-order valence-corrected chi connectivity index (χ3v) is 4.82. The number of aromatic nitrogens is 3. The zero-order valence-corrected chi connectivity index (χ0v) is 14.0. The molecule has 7 heteroatoms. The van der Waals surface area contributed by atoms with Crippen molar-refractivity contribution in [3.63, 3.8) is 0 Å². The number of aryl methyl sites for hydroxylation is 1. The van der Waals surface area contributed by atoms with Gasteiger partial charge in [0.25, 0.3) is 5.56 Å². The van der Waals surface area contributed by atoms with Crippen molar-refractivity contribution in [1.82, 2.24) is 14.1 Å². The molecule has 3 aromatic rings. The number of carbonyl (C=O) groups excluding carboxylic acids is 1. The van der Waals surface area contributed by atoms with Crippen LogP contribution in [-0.4, -0.2) is 25.7 Å². The number of pyridine rings is 1. The molecule has 0 saturated carbocycles. The van der Waals surface area contributed by atoms with Crippen molar-refractivity contribution in [3.05, 3.63) is 69.0 Å². The monoisotopic (exact) mass is 341 g/mol. The standard InChI is InChI=1S/C17H15N3O3S/c1-19-15-14(16(22)20(2)17(19)23)13(8-9-18-15)24-10-12(21)11-6-4-3-5-7-11/h3-9H,10H2,1-2H3. The van der Waals surface area contributed by atoms with Crippen LogP contribution in [0.15, 0.2) is 57.1 Å². The summed E-state index contributed by atoms with van der Waals surface area (Å²) >= 11 is 1.27. The molecule has 1 aromatic carbocycles. The summed E-state index contributed by atoms with van der Waals surface area (Å²) in [5.41, 5.74) is 0.113. The van der Waals surface area contributed by atoms with Gasteiger partial charge >= 0.3 is 5.69 Å². The van der Waals surface area contributed by atoms with Crippen LogP contribution < -0.4 is 11.2 Å². The number of nitrogens with zero attached hydrogens (tertiary/aromatic N) is 3. The number of benzene rings is 1. The molecule has 0 amide bonds. The molecule has 2 heterocycles. The van der Waals surface area contributed by atoms with Crippen molar-refractivity contribution in [2.24, 2.45) is 14.1 Å². The maximum atomic E-state index is 12.4. The number of Topliss-reactive ketones (excluding diaryl/α,β-unsaturated/α-hetero) is 1. The van der Waals surface area contributed by atoms with Crippen molar-refractivity contribution in [2.75, 3.05) is 5.75 Å². The van der Waals surface area contributed by atoms with E-state index in [1.807, 2.05) is 18.2 Å². The Labute approximate surface area is 141 Å². The van der Waals surface area contributed by atoms with Gasteiger partial charge in [-0.2, -0.15) is 0 Å². The molecule has 3 rings (SSSR count). The summed E-state index contributed by atoms with van der Waals surface area (Å²) in [4.78, 5) is 41.5. The van der Waals surface area contributed by atoms with Crippen LogP contribution in [0, 0.1) is 0 Å². The molecule has 0 fully saturated rings. The predicted molar refractivity (Wildman–Crippen MR) is 93.7 cm³/mol. The van der Waals surface area contributed by atoms with Crippen LogP contribution in [0.1, 0.15) is 10.4 Å². The number of hydrogen-bond acceptors (Lipinski definition) is 5. The zero-order valence-electron chi connectivity index (χ0n) is 13.2. The van der Waals surface area contributed by atoms with Crippen LogP contribution in [-0.2, 0) is 14.1 Å². The lowest BCUT2D eigenvalue weighted by Crippen LogP contribution is -2.37. The third-order valence-electron chi connectivity index (χ3n) is 3.76. The van der Waals surface area contributed by atoms with Crippen molar-refractivity contribution in [1.29, 1.82) is 0 Å². The molecule has 6 nitrogen and oxygen atoms in total. The SMILES string of the molecule is Cn1c(=O)c2c(SCC(=O)c3ccccc3)ccnc2n(C)c1=O. The number of carbonyl (C=O) groups is 1. The van der Waals surface area contributed by atoms with E-state index in [1.165, 1.54) is 29.6 Å². The highest BCUT2D eigenvalue weighted by molar-refractivity contribution is 8.00. The molecular formula is C17H15N3O3S. The van der Waals surface area contributed by atoms with E-state index in [-0.39, 0.29) is 11.5 Å². The van der Waals surface area contributed by atoms with Gasteiger partial charge in [-0.05, 0) is 6.07 Å². The smallest absolute Gasteiger partial charge is 0.293 e. The van der Waals surface area contributed by atoms with Gasteiger partial charge in [-0.15, -0.1) is 11.8 Å². The lowest BCUT2D eigenvalue weighted by Gasteiger charge is -2.09. The van der Waals surface area contributed by atoms with Crippen molar-refractivity contribution in [3.8, 4) is 0 Å². The molecule has 0 atom stereocenters. The molecule has 0 aliphatic heterocycles. The van der Waals surface area contributed by atoms with Gasteiger partial charge < -0.3 is 0 Å². The van der Waals surface area contributed by atoms with E-state index in [4.69, 9.17) is 0 Å². The van der Waals surface area contributed by atoms with Crippen LogP contribution >= 0.6 is 11.8 Å². The van der Waals surface area contributed by atoms with E-state index in [0.29, 0.717) is 21.5 Å². The number of thioether (sulfide) groups is 1. The minimum Gasteiger partial charge on any atom is -0.293 e. The van der Waals surface area contributed by atoms with E-state index < -0.39 is 11.2 Å². The number of ketones is 1. The van der Waals surface area contributed by atoms with Gasteiger partial charge in [0.15, 0.2) is 5.78 Å². The van der Waals surface area contributed by atoms with Crippen LogP contribution in [0.4, 0.5) is 0 Å².